The van der Waals surface area contributed by atoms with Crippen LogP contribution in [-0.4, -0.2) is 10.9 Å². The van der Waals surface area contributed by atoms with Gasteiger partial charge in [-0.2, -0.15) is 0 Å². The molecule has 0 fully saturated rings. The lowest BCUT2D eigenvalue weighted by Gasteiger charge is -2.15. The van der Waals surface area contributed by atoms with Gasteiger partial charge in [0, 0.05) is 16.9 Å². The minimum atomic E-state index is -0.162. The van der Waals surface area contributed by atoms with Crippen molar-refractivity contribution in [1.82, 2.24) is 10.3 Å². The number of anilines is 2. The van der Waals surface area contributed by atoms with E-state index >= 15 is 0 Å². The highest BCUT2D eigenvalue weighted by atomic mass is 35.5. The summed E-state index contributed by atoms with van der Waals surface area (Å²) in [7, 11) is 0. The van der Waals surface area contributed by atoms with Crippen LogP contribution in [0.2, 0.25) is 5.02 Å². The second-order valence-electron chi connectivity index (χ2n) is 6.15. The summed E-state index contributed by atoms with van der Waals surface area (Å²) in [5.41, 5.74) is 4.25. The van der Waals surface area contributed by atoms with Crippen LogP contribution in [0.4, 0.5) is 11.4 Å². The number of hydrogen-bond acceptors (Lipinski definition) is 3. The molecule has 4 nitrogen and oxygen atoms in total. The molecule has 3 rings (SSSR count). The number of carbonyl (C=O) groups is 1. The predicted molar refractivity (Wildman–Crippen MR) is 106 cm³/mol. The van der Waals surface area contributed by atoms with Crippen molar-refractivity contribution in [2.24, 2.45) is 0 Å². The van der Waals surface area contributed by atoms with E-state index in [2.05, 4.69) is 15.6 Å². The zero-order valence-electron chi connectivity index (χ0n) is 14.7. The van der Waals surface area contributed by atoms with Gasteiger partial charge >= 0.3 is 0 Å². The van der Waals surface area contributed by atoms with E-state index in [9.17, 15) is 4.79 Å². The standard InChI is InChI=1S/C21H20ClN3O/c1-14-10-18(22)8-9-20(14)25-19-11-17(12-23-13-19)21(26)24-15(2)16-6-4-3-5-7-16/h3-13,15,25H,1-2H3,(H,24,26). The number of hydrogen-bond donors (Lipinski definition) is 2. The number of amides is 1. The Kier molecular flexibility index (Phi) is 5.54. The van der Waals surface area contributed by atoms with E-state index in [1.807, 2.05) is 62.4 Å². The van der Waals surface area contributed by atoms with Gasteiger partial charge in [0.25, 0.3) is 5.91 Å². The number of nitrogens with one attached hydrogen (secondary N) is 2. The van der Waals surface area contributed by atoms with Crippen LogP contribution in [0, 0.1) is 6.92 Å². The smallest absolute Gasteiger partial charge is 0.253 e. The lowest BCUT2D eigenvalue weighted by molar-refractivity contribution is 0.0939. The van der Waals surface area contributed by atoms with Gasteiger partial charge in [-0.1, -0.05) is 41.9 Å². The fourth-order valence-corrected chi connectivity index (χ4v) is 2.89. The maximum Gasteiger partial charge on any atom is 0.253 e. The molecule has 0 aliphatic heterocycles. The molecule has 1 aromatic heterocycles. The average Bonchev–Trinajstić information content (AvgIpc) is 2.65. The van der Waals surface area contributed by atoms with Gasteiger partial charge in [-0.3, -0.25) is 9.78 Å². The van der Waals surface area contributed by atoms with Crippen molar-refractivity contribution in [1.29, 1.82) is 0 Å². The molecule has 132 valence electrons. The lowest BCUT2D eigenvalue weighted by atomic mass is 10.1. The van der Waals surface area contributed by atoms with Crippen LogP contribution in [-0.2, 0) is 0 Å². The third-order valence-corrected chi connectivity index (χ3v) is 4.35. The SMILES string of the molecule is Cc1cc(Cl)ccc1Nc1cncc(C(=O)NC(C)c2ccccc2)c1. The van der Waals surface area contributed by atoms with Crippen molar-refractivity contribution in [3.05, 3.63) is 88.7 Å². The summed E-state index contributed by atoms with van der Waals surface area (Å²) in [6, 6.07) is 17.2. The number of pyridine rings is 1. The second-order valence-corrected chi connectivity index (χ2v) is 6.59. The van der Waals surface area contributed by atoms with Crippen LogP contribution in [0.5, 0.6) is 0 Å². The van der Waals surface area contributed by atoms with Crippen LogP contribution < -0.4 is 10.6 Å². The minimum absolute atomic E-state index is 0.0844. The van der Waals surface area contributed by atoms with E-state index < -0.39 is 0 Å². The molecule has 1 amide bonds. The number of nitrogens with zero attached hydrogens (tertiary/aromatic N) is 1. The van der Waals surface area contributed by atoms with E-state index in [0.717, 1.165) is 22.5 Å². The number of aromatic nitrogens is 1. The Hall–Kier alpha value is -2.85. The molecule has 0 bridgehead atoms. The third kappa shape index (κ3) is 4.41. The van der Waals surface area contributed by atoms with Crippen molar-refractivity contribution >= 4 is 28.9 Å². The van der Waals surface area contributed by atoms with Gasteiger partial charge in [0.1, 0.15) is 0 Å². The van der Waals surface area contributed by atoms with E-state index in [1.165, 1.54) is 0 Å². The van der Waals surface area contributed by atoms with Crippen molar-refractivity contribution in [3.8, 4) is 0 Å². The molecule has 0 aliphatic carbocycles. The van der Waals surface area contributed by atoms with Gasteiger partial charge in [-0.25, -0.2) is 0 Å². The molecule has 0 saturated heterocycles. The Morgan fingerprint density at radius 1 is 1.08 bits per heavy atom. The van der Waals surface area contributed by atoms with Gasteiger partial charge in [0.05, 0.1) is 23.5 Å². The van der Waals surface area contributed by atoms with E-state index in [4.69, 9.17) is 11.6 Å². The number of halogens is 1. The molecule has 0 radical (unpaired) electrons. The first kappa shape index (κ1) is 18.0. The number of benzene rings is 2. The molecule has 5 heteroatoms. The Morgan fingerprint density at radius 3 is 2.58 bits per heavy atom. The summed E-state index contributed by atoms with van der Waals surface area (Å²) >= 11 is 5.99. The molecular weight excluding hydrogens is 346 g/mol. The summed E-state index contributed by atoms with van der Waals surface area (Å²) < 4.78 is 0. The van der Waals surface area contributed by atoms with Gasteiger partial charge in [0.15, 0.2) is 0 Å². The van der Waals surface area contributed by atoms with Gasteiger partial charge in [-0.05, 0) is 49.2 Å². The normalized spacial score (nSPS) is 11.7. The molecule has 1 atom stereocenters. The van der Waals surface area contributed by atoms with Crippen LogP contribution in [0.25, 0.3) is 0 Å². The Morgan fingerprint density at radius 2 is 1.85 bits per heavy atom. The molecule has 2 aromatic carbocycles. The Labute approximate surface area is 158 Å². The van der Waals surface area contributed by atoms with Crippen molar-refractivity contribution in [2.75, 3.05) is 5.32 Å². The summed E-state index contributed by atoms with van der Waals surface area (Å²) in [5.74, 6) is -0.162. The van der Waals surface area contributed by atoms with Crippen molar-refractivity contribution in [3.63, 3.8) is 0 Å². The van der Waals surface area contributed by atoms with Crippen LogP contribution in [0.15, 0.2) is 67.0 Å². The topological polar surface area (TPSA) is 54.0 Å². The predicted octanol–water partition coefficient (Wildman–Crippen LogP) is 5.28. The highest BCUT2D eigenvalue weighted by molar-refractivity contribution is 6.30. The fourth-order valence-electron chi connectivity index (χ4n) is 2.66. The monoisotopic (exact) mass is 365 g/mol. The van der Waals surface area contributed by atoms with E-state index in [0.29, 0.717) is 10.6 Å². The average molecular weight is 366 g/mol. The summed E-state index contributed by atoms with van der Waals surface area (Å²) in [4.78, 5) is 16.7. The summed E-state index contributed by atoms with van der Waals surface area (Å²) in [6.45, 7) is 3.93. The molecule has 0 aliphatic rings. The zero-order chi connectivity index (χ0) is 18.5. The number of carbonyl (C=O) groups excluding carboxylic acids is 1. The maximum atomic E-state index is 12.5. The molecule has 1 heterocycles. The van der Waals surface area contributed by atoms with E-state index in [1.54, 1.807) is 18.5 Å². The number of aryl methyl sites for hydroxylation is 1. The van der Waals surface area contributed by atoms with Gasteiger partial charge < -0.3 is 10.6 Å². The molecule has 0 spiro atoms. The largest absolute Gasteiger partial charge is 0.354 e. The maximum absolute atomic E-state index is 12.5. The third-order valence-electron chi connectivity index (χ3n) is 4.12. The molecular formula is C21H20ClN3O. The van der Waals surface area contributed by atoms with Crippen molar-refractivity contribution < 1.29 is 4.79 Å². The molecule has 1 unspecified atom stereocenters. The van der Waals surface area contributed by atoms with Crippen LogP contribution >= 0.6 is 11.6 Å². The lowest BCUT2D eigenvalue weighted by Crippen LogP contribution is -2.26. The highest BCUT2D eigenvalue weighted by Gasteiger charge is 2.12. The minimum Gasteiger partial charge on any atom is -0.354 e. The Balaban J connectivity index is 1.73. The first-order chi connectivity index (χ1) is 12.5. The highest BCUT2D eigenvalue weighted by Crippen LogP contribution is 2.23. The van der Waals surface area contributed by atoms with Gasteiger partial charge in [0.2, 0.25) is 0 Å². The quantitative estimate of drug-likeness (QED) is 0.646. The second kappa shape index (κ2) is 8.02. The zero-order valence-corrected chi connectivity index (χ0v) is 15.4. The van der Waals surface area contributed by atoms with Crippen LogP contribution in [0.1, 0.15) is 34.5 Å². The van der Waals surface area contributed by atoms with Crippen molar-refractivity contribution in [2.45, 2.75) is 19.9 Å². The summed E-state index contributed by atoms with van der Waals surface area (Å²) in [6.07, 6.45) is 3.25. The van der Waals surface area contributed by atoms with Crippen LogP contribution in [0.3, 0.4) is 0 Å². The Bertz CT molecular complexity index is 912. The first-order valence-corrected chi connectivity index (χ1v) is 8.75. The molecule has 0 saturated carbocycles. The summed E-state index contributed by atoms with van der Waals surface area (Å²) in [5, 5.41) is 6.97. The molecule has 3 aromatic rings. The van der Waals surface area contributed by atoms with E-state index in [-0.39, 0.29) is 11.9 Å². The first-order valence-electron chi connectivity index (χ1n) is 8.37. The molecule has 2 N–H and O–H groups in total. The fraction of sp³-hybridized carbons (Fsp3) is 0.143. The van der Waals surface area contributed by atoms with Gasteiger partial charge in [-0.15, -0.1) is 0 Å². The molecule has 26 heavy (non-hydrogen) atoms. The number of rotatable bonds is 5.